The van der Waals surface area contributed by atoms with Crippen molar-refractivity contribution < 1.29 is 49.3 Å². The highest BCUT2D eigenvalue weighted by Crippen LogP contribution is 2.29. The fraction of sp³-hybridized carbons (Fsp3) is 0.158. The summed E-state index contributed by atoms with van der Waals surface area (Å²) in [7, 11) is 0. The molecule has 0 saturated heterocycles. The average molecular weight is 494 g/mol. The van der Waals surface area contributed by atoms with Gasteiger partial charge >= 0.3 is 12.1 Å². The van der Waals surface area contributed by atoms with Crippen LogP contribution in [0.2, 0.25) is 0 Å². The number of oxime groups is 1. The first kappa shape index (κ1) is 24.6. The van der Waals surface area contributed by atoms with Gasteiger partial charge in [0.05, 0.1) is 18.3 Å². The number of halogens is 8. The third kappa shape index (κ3) is 5.29. The fourth-order valence-electron chi connectivity index (χ4n) is 2.44. The first-order chi connectivity index (χ1) is 16.0. The van der Waals surface area contributed by atoms with Gasteiger partial charge in [0, 0.05) is 11.1 Å². The van der Waals surface area contributed by atoms with Gasteiger partial charge in [0.15, 0.2) is 23.3 Å². The van der Waals surface area contributed by atoms with Crippen LogP contribution in [0.4, 0.5) is 35.1 Å². The van der Waals surface area contributed by atoms with Gasteiger partial charge in [0.1, 0.15) is 6.61 Å². The van der Waals surface area contributed by atoms with Crippen LogP contribution in [0.25, 0.3) is 11.4 Å². The lowest BCUT2D eigenvalue weighted by Crippen LogP contribution is -2.25. The van der Waals surface area contributed by atoms with Crippen LogP contribution in [-0.2, 0) is 17.6 Å². The molecule has 3 aromatic rings. The van der Waals surface area contributed by atoms with E-state index in [1.165, 1.54) is 24.3 Å². The zero-order chi connectivity index (χ0) is 25.0. The summed E-state index contributed by atoms with van der Waals surface area (Å²) in [5.74, 6) is -13.2. The third-order valence-corrected chi connectivity index (χ3v) is 4.09. The van der Waals surface area contributed by atoms with Gasteiger partial charge in [-0.05, 0) is 12.1 Å². The first-order valence-corrected chi connectivity index (χ1v) is 8.94. The number of rotatable bonds is 7. The zero-order valence-electron chi connectivity index (χ0n) is 16.4. The molecule has 0 fully saturated rings. The maximum Gasteiger partial charge on any atom is 0.471 e. The summed E-state index contributed by atoms with van der Waals surface area (Å²) >= 11 is 0. The van der Waals surface area contributed by atoms with Gasteiger partial charge in [-0.25, -0.2) is 22.0 Å². The summed E-state index contributed by atoms with van der Waals surface area (Å²) in [6.07, 6.45) is -3.86. The van der Waals surface area contributed by atoms with Crippen LogP contribution in [0.5, 0.6) is 0 Å². The molecule has 0 atom stereocenters. The van der Waals surface area contributed by atoms with E-state index >= 15 is 0 Å². The van der Waals surface area contributed by atoms with Crippen LogP contribution >= 0.6 is 0 Å². The summed E-state index contributed by atoms with van der Waals surface area (Å²) in [5, 5.41) is 8.79. The largest absolute Gasteiger partial charge is 0.471 e. The van der Waals surface area contributed by atoms with E-state index in [2.05, 4.69) is 30.0 Å². The quantitative estimate of drug-likeness (QED) is 0.173. The molecule has 0 aliphatic carbocycles. The summed E-state index contributed by atoms with van der Waals surface area (Å²) in [4.78, 5) is 19.7. The molecule has 7 nitrogen and oxygen atoms in total. The molecule has 0 aliphatic heterocycles. The Morgan fingerprint density at radius 2 is 1.59 bits per heavy atom. The van der Waals surface area contributed by atoms with E-state index in [9.17, 15) is 39.9 Å². The highest BCUT2D eigenvalue weighted by Gasteiger charge is 2.38. The third-order valence-electron chi connectivity index (χ3n) is 4.09. The maximum absolute atomic E-state index is 13.5. The van der Waals surface area contributed by atoms with Crippen molar-refractivity contribution in [2.24, 2.45) is 5.16 Å². The number of aromatic nitrogens is 2. The smallest absolute Gasteiger partial charge is 0.391 e. The van der Waals surface area contributed by atoms with Crippen LogP contribution in [0, 0.1) is 29.1 Å². The van der Waals surface area contributed by atoms with Crippen molar-refractivity contribution in [2.75, 3.05) is 6.54 Å². The Morgan fingerprint density at radius 3 is 2.15 bits per heavy atom. The first-order valence-electron chi connectivity index (χ1n) is 8.94. The molecule has 0 aliphatic rings. The van der Waals surface area contributed by atoms with Gasteiger partial charge in [-0.3, -0.25) is 4.79 Å². The average Bonchev–Trinajstić information content (AvgIpc) is 3.31. The number of hydrogen-bond donors (Lipinski definition) is 1. The van der Waals surface area contributed by atoms with Gasteiger partial charge in [-0.1, -0.05) is 22.4 Å². The zero-order valence-corrected chi connectivity index (χ0v) is 16.4. The van der Waals surface area contributed by atoms with Crippen molar-refractivity contribution in [2.45, 2.75) is 12.8 Å². The van der Waals surface area contributed by atoms with E-state index < -0.39 is 59.2 Å². The lowest BCUT2D eigenvalue weighted by Gasteiger charge is -2.07. The molecule has 180 valence electrons. The minimum absolute atomic E-state index is 0.0963. The Bertz CT molecular complexity index is 1200. The summed E-state index contributed by atoms with van der Waals surface area (Å²) in [5.41, 5.74) is -0.973. The van der Waals surface area contributed by atoms with Crippen molar-refractivity contribution in [3.05, 3.63) is 70.4 Å². The number of benzene rings is 2. The van der Waals surface area contributed by atoms with Crippen LogP contribution in [0.15, 0.2) is 33.9 Å². The summed E-state index contributed by atoms with van der Waals surface area (Å²) in [6, 6.07) is 5.10. The second kappa shape index (κ2) is 9.84. The van der Waals surface area contributed by atoms with Crippen LogP contribution in [0.3, 0.4) is 0 Å². The van der Waals surface area contributed by atoms with Crippen molar-refractivity contribution in [3.63, 3.8) is 0 Å². The maximum atomic E-state index is 13.5. The van der Waals surface area contributed by atoms with Gasteiger partial charge < -0.3 is 14.7 Å². The molecule has 1 N–H and O–H groups in total. The second-order valence-electron chi connectivity index (χ2n) is 6.32. The number of alkyl halides is 3. The highest BCUT2D eigenvalue weighted by atomic mass is 19.4. The minimum Gasteiger partial charge on any atom is -0.391 e. The van der Waals surface area contributed by atoms with E-state index in [-0.39, 0.29) is 23.5 Å². The molecule has 1 aromatic heterocycles. The van der Waals surface area contributed by atoms with Crippen molar-refractivity contribution in [1.29, 1.82) is 0 Å². The molecular formula is C19H10F8N4O3. The molecule has 0 unspecified atom stereocenters. The Kier molecular flexibility index (Phi) is 7.12. The lowest BCUT2D eigenvalue weighted by atomic mass is 10.1. The molecule has 3 rings (SSSR count). The molecule has 1 amide bonds. The highest BCUT2D eigenvalue weighted by molar-refractivity contribution is 5.95. The van der Waals surface area contributed by atoms with E-state index in [1.54, 1.807) is 0 Å². The molecule has 0 bridgehead atoms. The SMILES string of the molecule is O=C(NCC=NOCc1c(F)c(F)c(F)c(F)c1F)c1ccc(-c2noc(C(F)(F)F)n2)cc1. The van der Waals surface area contributed by atoms with E-state index in [1.807, 2.05) is 0 Å². The number of amides is 1. The Hall–Kier alpha value is -4.04. The predicted octanol–water partition coefficient (Wildman–Crippen LogP) is 4.38. The van der Waals surface area contributed by atoms with Crippen molar-refractivity contribution in [1.82, 2.24) is 15.5 Å². The molecule has 15 heteroatoms. The summed E-state index contributed by atoms with van der Waals surface area (Å²) < 4.78 is 108. The molecule has 0 radical (unpaired) electrons. The number of carbonyl (C=O) groups excluding carboxylic acids is 1. The normalized spacial score (nSPS) is 11.8. The van der Waals surface area contributed by atoms with Crippen LogP contribution in [-0.4, -0.2) is 28.8 Å². The predicted molar refractivity (Wildman–Crippen MR) is 96.6 cm³/mol. The van der Waals surface area contributed by atoms with Gasteiger partial charge in [0.2, 0.25) is 11.6 Å². The summed E-state index contributed by atoms with van der Waals surface area (Å²) in [6.45, 7) is -1.32. The standard InChI is InChI=1S/C19H10F8N4O3/c20-11-10(12(21)14(23)15(24)13(11)22)7-33-29-6-5-28-17(32)9-3-1-8(2-4-9)16-30-18(34-31-16)19(25,26)27/h1-4,6H,5,7H2,(H,28,32). The minimum atomic E-state index is -4.80. The Morgan fingerprint density at radius 1 is 1.00 bits per heavy atom. The lowest BCUT2D eigenvalue weighted by molar-refractivity contribution is -0.159. The van der Waals surface area contributed by atoms with Gasteiger partial charge in [-0.15, -0.1) is 0 Å². The second-order valence-corrected chi connectivity index (χ2v) is 6.32. The number of nitrogens with zero attached hydrogens (tertiary/aromatic N) is 3. The molecule has 34 heavy (non-hydrogen) atoms. The Labute approximate surface area is 184 Å². The number of hydrogen-bond acceptors (Lipinski definition) is 6. The van der Waals surface area contributed by atoms with Crippen LogP contribution in [0.1, 0.15) is 21.8 Å². The monoisotopic (exact) mass is 494 g/mol. The van der Waals surface area contributed by atoms with Crippen molar-refractivity contribution >= 4 is 12.1 Å². The molecule has 0 saturated carbocycles. The van der Waals surface area contributed by atoms with Gasteiger partial charge in [0.25, 0.3) is 5.91 Å². The number of nitrogens with one attached hydrogen (secondary N) is 1. The molecule has 2 aromatic carbocycles. The van der Waals surface area contributed by atoms with E-state index in [0.717, 1.165) is 6.21 Å². The van der Waals surface area contributed by atoms with Gasteiger partial charge in [-0.2, -0.15) is 18.2 Å². The topological polar surface area (TPSA) is 89.6 Å². The van der Waals surface area contributed by atoms with E-state index in [4.69, 9.17) is 0 Å². The number of carbonyl (C=O) groups is 1. The fourth-order valence-corrected chi connectivity index (χ4v) is 2.44. The molecular weight excluding hydrogens is 484 g/mol. The molecule has 0 spiro atoms. The van der Waals surface area contributed by atoms with E-state index in [0.29, 0.717) is 0 Å². The van der Waals surface area contributed by atoms with Crippen molar-refractivity contribution in [3.8, 4) is 11.4 Å². The molecule has 1 heterocycles. The Balaban J connectivity index is 1.51. The van der Waals surface area contributed by atoms with Crippen LogP contribution < -0.4 is 5.32 Å².